The molecule has 0 N–H and O–H groups in total. The fourth-order valence-corrected chi connectivity index (χ4v) is 4.49. The number of benzene rings is 4. The Kier molecular flexibility index (Phi) is 12.5. The Labute approximate surface area is 275 Å². The normalized spacial score (nSPS) is 10.2. The number of rotatable bonds is 4. The van der Waals surface area contributed by atoms with Gasteiger partial charge in [-0.1, -0.05) is 93.9 Å². The third-order valence-corrected chi connectivity index (χ3v) is 8.31. The van der Waals surface area contributed by atoms with E-state index in [4.69, 9.17) is 88.6 Å². The summed E-state index contributed by atoms with van der Waals surface area (Å²) >= 11 is 41.6. The summed E-state index contributed by atoms with van der Waals surface area (Å²) in [5.74, 6) is 0.790. The maximum atomic E-state index is 11.8. The quantitative estimate of drug-likeness (QED) is 0.116. The van der Waals surface area contributed by atoms with Crippen LogP contribution in [0.4, 0.5) is 9.59 Å². The van der Waals surface area contributed by atoms with E-state index in [2.05, 4.69) is 31.9 Å². The highest BCUT2D eigenvalue weighted by Crippen LogP contribution is 2.39. The molecule has 4 rings (SSSR count). The van der Waals surface area contributed by atoms with Gasteiger partial charge in [-0.3, -0.25) is 0 Å². The van der Waals surface area contributed by atoms with E-state index in [0.717, 1.165) is 0 Å². The summed E-state index contributed by atoms with van der Waals surface area (Å²) in [4.78, 5) is 23.4. The molecule has 0 heterocycles. The van der Waals surface area contributed by atoms with E-state index in [-0.39, 0.29) is 41.6 Å². The first-order chi connectivity index (χ1) is 19.0. The van der Waals surface area contributed by atoms with Crippen molar-refractivity contribution in [3.8, 4) is 23.0 Å². The van der Waals surface area contributed by atoms with Gasteiger partial charge in [-0.2, -0.15) is 0 Å². The molecule has 40 heavy (non-hydrogen) atoms. The number of para-hydroxylation sites is 2. The van der Waals surface area contributed by atoms with Gasteiger partial charge >= 0.3 is 12.3 Å². The van der Waals surface area contributed by atoms with Crippen molar-refractivity contribution in [2.75, 3.05) is 0 Å². The third-order valence-electron chi connectivity index (χ3n) is 4.45. The van der Waals surface area contributed by atoms with Gasteiger partial charge < -0.3 is 18.9 Å². The molecule has 0 saturated heterocycles. The van der Waals surface area contributed by atoms with E-state index < -0.39 is 12.3 Å². The molecule has 0 spiro atoms. The van der Waals surface area contributed by atoms with Crippen LogP contribution >= 0.6 is 101 Å². The Morgan fingerprint density at radius 3 is 1.12 bits per heavy atom. The first-order valence-corrected chi connectivity index (χ1v) is 14.4. The highest BCUT2D eigenvalue weighted by molar-refractivity contribution is 9.10. The van der Waals surface area contributed by atoms with Crippen molar-refractivity contribution in [3.63, 3.8) is 0 Å². The predicted molar refractivity (Wildman–Crippen MR) is 165 cm³/mol. The fourth-order valence-electron chi connectivity index (χ4n) is 2.63. The maximum Gasteiger partial charge on any atom is 0.519 e. The lowest BCUT2D eigenvalue weighted by molar-refractivity contribution is 0.150. The van der Waals surface area contributed by atoms with Crippen molar-refractivity contribution in [3.05, 3.63) is 112 Å². The van der Waals surface area contributed by atoms with E-state index in [1.54, 1.807) is 36.4 Å². The largest absolute Gasteiger partial charge is 0.519 e. The second kappa shape index (κ2) is 15.4. The van der Waals surface area contributed by atoms with Crippen LogP contribution in [0.2, 0.25) is 30.1 Å². The molecule has 4 aromatic rings. The molecule has 0 amide bonds. The maximum absolute atomic E-state index is 11.8. The van der Waals surface area contributed by atoms with Crippen molar-refractivity contribution in [1.82, 2.24) is 0 Å². The summed E-state index contributed by atoms with van der Waals surface area (Å²) in [6.07, 6.45) is -1.87. The van der Waals surface area contributed by atoms with Gasteiger partial charge in [0.1, 0.15) is 21.5 Å². The summed E-state index contributed by atoms with van der Waals surface area (Å²) in [5, 5.41) is 0.514. The molecule has 0 aromatic heterocycles. The van der Waals surface area contributed by atoms with Crippen molar-refractivity contribution >= 4 is 114 Å². The summed E-state index contributed by atoms with van der Waals surface area (Å²) in [5.41, 5.74) is 0. The molecule has 208 valence electrons. The monoisotopic (exact) mass is 788 g/mol. The number of hydrogen-bond acceptors (Lipinski definition) is 6. The highest BCUT2D eigenvalue weighted by Gasteiger charge is 2.18. The van der Waals surface area contributed by atoms with Crippen LogP contribution < -0.4 is 18.9 Å². The zero-order valence-electron chi connectivity index (χ0n) is 19.4. The minimum absolute atomic E-state index is 0.0164. The van der Waals surface area contributed by atoms with Crippen LogP contribution in [-0.4, -0.2) is 12.3 Å². The lowest BCUT2D eigenvalue weighted by Crippen LogP contribution is -2.14. The van der Waals surface area contributed by atoms with Crippen LogP contribution in [-0.2, 0) is 0 Å². The Hall–Kier alpha value is -1.88. The molecule has 0 atom stereocenters. The summed E-state index contributed by atoms with van der Waals surface area (Å²) in [7, 11) is 0. The molecule has 0 saturated carbocycles. The van der Waals surface area contributed by atoms with E-state index in [1.807, 2.05) is 12.1 Å². The summed E-state index contributed by atoms with van der Waals surface area (Å²) < 4.78 is 21.4. The van der Waals surface area contributed by atoms with Gasteiger partial charge in [0.2, 0.25) is 0 Å². The molecule has 0 aliphatic heterocycles. The third kappa shape index (κ3) is 9.06. The minimum atomic E-state index is -1.08. The molecule has 0 fully saturated rings. The lowest BCUT2D eigenvalue weighted by atomic mass is 10.3. The predicted octanol–water partition coefficient (Wildman–Crippen LogP) is 12.0. The topological polar surface area (TPSA) is 71.1 Å². The summed E-state index contributed by atoms with van der Waals surface area (Å²) in [6.45, 7) is 0. The minimum Gasteiger partial charge on any atom is -0.394 e. The molecule has 0 aliphatic carbocycles. The zero-order chi connectivity index (χ0) is 29.4. The first-order valence-electron chi connectivity index (χ1n) is 10.5. The van der Waals surface area contributed by atoms with Crippen LogP contribution in [0.1, 0.15) is 0 Å². The van der Waals surface area contributed by atoms with Crippen LogP contribution in [0.25, 0.3) is 0 Å². The fraction of sp³-hybridized carbons (Fsp3) is 0. The van der Waals surface area contributed by atoms with Gasteiger partial charge in [-0.05, 0) is 80.4 Å². The number of ether oxygens (including phenoxy) is 4. The van der Waals surface area contributed by atoms with Gasteiger partial charge in [0.25, 0.3) is 0 Å². The summed E-state index contributed by atoms with van der Waals surface area (Å²) in [6, 6.07) is 19.7. The second-order valence-corrected chi connectivity index (χ2v) is 11.2. The lowest BCUT2D eigenvalue weighted by Gasteiger charge is -2.10. The van der Waals surface area contributed by atoms with Crippen LogP contribution in [0, 0.1) is 0 Å². The molecule has 6 nitrogen and oxygen atoms in total. The number of hydrogen-bond donors (Lipinski definition) is 0. The molecular formula is C26H12Br2Cl6O6. The molecule has 0 bridgehead atoms. The van der Waals surface area contributed by atoms with Gasteiger partial charge in [0.05, 0.1) is 29.0 Å². The Morgan fingerprint density at radius 2 is 0.775 bits per heavy atom. The van der Waals surface area contributed by atoms with E-state index >= 15 is 0 Å². The molecule has 0 unspecified atom stereocenters. The second-order valence-electron chi connectivity index (χ2n) is 7.12. The van der Waals surface area contributed by atoms with Crippen LogP contribution in [0.3, 0.4) is 0 Å². The first kappa shape index (κ1) is 32.6. The number of halogens is 8. The average molecular weight is 793 g/mol. The van der Waals surface area contributed by atoms with E-state index in [9.17, 15) is 9.59 Å². The van der Waals surface area contributed by atoms with Crippen LogP contribution in [0.5, 0.6) is 23.0 Å². The molecule has 0 aliphatic rings. The Bertz CT molecular complexity index is 1440. The zero-order valence-corrected chi connectivity index (χ0v) is 27.1. The Balaban J connectivity index is 0.000000225. The molecule has 0 radical (unpaired) electrons. The van der Waals surface area contributed by atoms with E-state index in [0.29, 0.717) is 20.4 Å². The molecule has 4 aromatic carbocycles. The van der Waals surface area contributed by atoms with Crippen LogP contribution in [0.15, 0.2) is 81.7 Å². The molecule has 14 heteroatoms. The van der Waals surface area contributed by atoms with Gasteiger partial charge in [-0.15, -0.1) is 0 Å². The Morgan fingerprint density at radius 1 is 0.450 bits per heavy atom. The average Bonchev–Trinajstić information content (AvgIpc) is 2.92. The smallest absolute Gasteiger partial charge is 0.394 e. The van der Waals surface area contributed by atoms with Gasteiger partial charge in [0, 0.05) is 0 Å². The highest BCUT2D eigenvalue weighted by atomic mass is 79.9. The van der Waals surface area contributed by atoms with Gasteiger partial charge in [0.15, 0.2) is 11.5 Å². The van der Waals surface area contributed by atoms with Crippen molar-refractivity contribution in [2.24, 2.45) is 0 Å². The van der Waals surface area contributed by atoms with Crippen molar-refractivity contribution in [1.29, 1.82) is 0 Å². The van der Waals surface area contributed by atoms with E-state index in [1.165, 1.54) is 24.3 Å². The number of carbonyl (C=O) groups is 2. The van der Waals surface area contributed by atoms with Crippen molar-refractivity contribution in [2.45, 2.75) is 0 Å². The standard InChI is InChI=1S/C13H8Br2O3.C13H4Cl6O3/c14-9-5-1-3-7-11(9)17-13(16)18-12-8-4-2-6-10(12)15;14-5-1-3-7(11(18)9(5)16)21-13(20)22-8-4-2-6(15)10(17)12(8)19/h1-8H;1-4H. The molecular weight excluding hydrogens is 781 g/mol. The SMILES string of the molecule is O=C(Oc1ccc(Cl)c(Cl)c1Cl)Oc1ccc(Cl)c(Cl)c1Cl.O=C(Oc1ccccc1Br)Oc1ccccc1Br. The number of carbonyl (C=O) groups excluding carboxylic acids is 2. The van der Waals surface area contributed by atoms with Gasteiger partial charge in [-0.25, -0.2) is 9.59 Å². The van der Waals surface area contributed by atoms with Crippen molar-refractivity contribution < 1.29 is 28.5 Å².